The van der Waals surface area contributed by atoms with E-state index >= 15 is 0 Å². The van der Waals surface area contributed by atoms with Gasteiger partial charge in [-0.25, -0.2) is 13.8 Å². The minimum atomic E-state index is -4.39. The van der Waals surface area contributed by atoms with Gasteiger partial charge in [-0.05, 0) is 60.4 Å². The minimum absolute atomic E-state index is 0.206. The van der Waals surface area contributed by atoms with Gasteiger partial charge in [0.25, 0.3) is 0 Å². The van der Waals surface area contributed by atoms with Gasteiger partial charge in [0.1, 0.15) is 17.5 Å². The molecule has 1 aromatic heterocycles. The molecule has 2 aromatic carbocycles. The molecule has 0 spiro atoms. The van der Waals surface area contributed by atoms with Crippen molar-refractivity contribution in [3.05, 3.63) is 82.9 Å². The van der Waals surface area contributed by atoms with Crippen LogP contribution in [0.2, 0.25) is 0 Å². The van der Waals surface area contributed by atoms with Crippen molar-refractivity contribution in [3.63, 3.8) is 0 Å². The van der Waals surface area contributed by atoms with Crippen LogP contribution in [0.1, 0.15) is 29.5 Å². The number of alkyl halides is 3. The second-order valence-electron chi connectivity index (χ2n) is 8.31. The van der Waals surface area contributed by atoms with Crippen LogP contribution >= 0.6 is 0 Å². The Labute approximate surface area is 199 Å². The lowest BCUT2D eigenvalue weighted by Gasteiger charge is -2.21. The van der Waals surface area contributed by atoms with Crippen LogP contribution in [0, 0.1) is 11.6 Å². The molecule has 2 N–H and O–H groups in total. The molecule has 1 fully saturated rings. The number of carbonyl (C=O) groups excluding carboxylic acids is 1. The zero-order valence-electron chi connectivity index (χ0n) is 18.6. The number of aromatic nitrogens is 1. The third-order valence-electron chi connectivity index (χ3n) is 5.60. The highest BCUT2D eigenvalue weighted by atomic mass is 19.4. The topological polar surface area (TPSA) is 57.3 Å². The standard InChI is InChI=1S/C25H23F5N4O/c26-19-11-17(12-20(27)14-19)13-23(35)32-21-7-8-22(33-24(21)34-9-1-2-10-34)31-15-16-3-5-18(6-4-16)25(28,29)30/h3-8,11-12,14H,1-2,9-10,13,15H2,(H,31,33)(H,32,35). The Balaban J connectivity index is 1.47. The van der Waals surface area contributed by atoms with Gasteiger partial charge in [0.2, 0.25) is 5.91 Å². The molecule has 4 rings (SSSR count). The van der Waals surface area contributed by atoms with E-state index in [1.165, 1.54) is 12.1 Å². The first-order valence-electron chi connectivity index (χ1n) is 11.1. The van der Waals surface area contributed by atoms with Gasteiger partial charge >= 0.3 is 6.18 Å². The van der Waals surface area contributed by atoms with Crippen molar-refractivity contribution in [3.8, 4) is 0 Å². The molecule has 184 valence electrons. The zero-order chi connectivity index (χ0) is 25.0. The van der Waals surface area contributed by atoms with Crippen molar-refractivity contribution in [1.82, 2.24) is 4.98 Å². The summed E-state index contributed by atoms with van der Waals surface area (Å²) in [6.45, 7) is 1.78. The van der Waals surface area contributed by atoms with Gasteiger partial charge in [0.05, 0.1) is 17.7 Å². The van der Waals surface area contributed by atoms with Crippen molar-refractivity contribution < 1.29 is 26.7 Å². The maximum absolute atomic E-state index is 13.4. The summed E-state index contributed by atoms with van der Waals surface area (Å²) in [5.74, 6) is -0.898. The van der Waals surface area contributed by atoms with Gasteiger partial charge in [-0.2, -0.15) is 13.2 Å². The van der Waals surface area contributed by atoms with Crippen molar-refractivity contribution in [2.45, 2.75) is 32.0 Å². The molecule has 1 saturated heterocycles. The van der Waals surface area contributed by atoms with Crippen LogP contribution in [0.5, 0.6) is 0 Å². The number of carbonyl (C=O) groups is 1. The van der Waals surface area contributed by atoms with E-state index in [9.17, 15) is 26.7 Å². The molecule has 0 atom stereocenters. The first kappa shape index (κ1) is 24.4. The molecule has 1 amide bonds. The maximum Gasteiger partial charge on any atom is 0.416 e. The van der Waals surface area contributed by atoms with Crippen LogP contribution in [0.3, 0.4) is 0 Å². The molecule has 10 heteroatoms. The van der Waals surface area contributed by atoms with Crippen LogP contribution in [-0.4, -0.2) is 24.0 Å². The largest absolute Gasteiger partial charge is 0.416 e. The minimum Gasteiger partial charge on any atom is -0.366 e. The SMILES string of the molecule is O=C(Cc1cc(F)cc(F)c1)Nc1ccc(NCc2ccc(C(F)(F)F)cc2)nc1N1CCCC1. The van der Waals surface area contributed by atoms with Crippen LogP contribution < -0.4 is 15.5 Å². The molecule has 0 saturated carbocycles. The number of halogens is 5. The Morgan fingerprint density at radius 1 is 0.914 bits per heavy atom. The first-order chi connectivity index (χ1) is 16.7. The maximum atomic E-state index is 13.4. The highest BCUT2D eigenvalue weighted by Crippen LogP contribution is 2.30. The fourth-order valence-corrected chi connectivity index (χ4v) is 3.91. The summed E-state index contributed by atoms with van der Waals surface area (Å²) in [5.41, 5.74) is 0.623. The first-order valence-corrected chi connectivity index (χ1v) is 11.1. The number of nitrogens with zero attached hydrogens (tertiary/aromatic N) is 2. The summed E-state index contributed by atoms with van der Waals surface area (Å²) >= 11 is 0. The van der Waals surface area contributed by atoms with E-state index < -0.39 is 29.3 Å². The fraction of sp³-hybridized carbons (Fsp3) is 0.280. The van der Waals surface area contributed by atoms with Crippen LogP contribution in [0.25, 0.3) is 0 Å². The predicted molar refractivity (Wildman–Crippen MR) is 123 cm³/mol. The fourth-order valence-electron chi connectivity index (χ4n) is 3.91. The number of benzene rings is 2. The smallest absolute Gasteiger partial charge is 0.366 e. The Bertz CT molecular complexity index is 1170. The van der Waals surface area contributed by atoms with E-state index in [0.717, 1.165) is 56.3 Å². The number of hydrogen-bond acceptors (Lipinski definition) is 4. The zero-order valence-corrected chi connectivity index (χ0v) is 18.6. The van der Waals surface area contributed by atoms with E-state index in [1.807, 2.05) is 4.90 Å². The quantitative estimate of drug-likeness (QED) is 0.413. The van der Waals surface area contributed by atoms with Gasteiger partial charge < -0.3 is 15.5 Å². The third kappa shape index (κ3) is 6.46. The summed E-state index contributed by atoms with van der Waals surface area (Å²) < 4.78 is 65.1. The summed E-state index contributed by atoms with van der Waals surface area (Å²) in [5, 5.41) is 5.87. The summed E-state index contributed by atoms with van der Waals surface area (Å²) in [7, 11) is 0. The average Bonchev–Trinajstić information content (AvgIpc) is 3.32. The molecule has 2 heterocycles. The Morgan fingerprint density at radius 3 is 2.20 bits per heavy atom. The second-order valence-corrected chi connectivity index (χ2v) is 8.31. The molecule has 0 radical (unpaired) electrons. The monoisotopic (exact) mass is 490 g/mol. The third-order valence-corrected chi connectivity index (χ3v) is 5.60. The number of anilines is 3. The molecule has 0 unspecified atom stereocenters. The molecule has 3 aromatic rings. The highest BCUT2D eigenvalue weighted by Gasteiger charge is 2.29. The van der Waals surface area contributed by atoms with E-state index in [0.29, 0.717) is 22.9 Å². The molecule has 35 heavy (non-hydrogen) atoms. The average molecular weight is 490 g/mol. The summed E-state index contributed by atoms with van der Waals surface area (Å²) in [4.78, 5) is 19.2. The van der Waals surface area contributed by atoms with Crippen LogP contribution in [-0.2, 0) is 23.9 Å². The molecule has 1 aliphatic heterocycles. The Hall–Kier alpha value is -3.69. The van der Waals surface area contributed by atoms with E-state index in [2.05, 4.69) is 15.6 Å². The molecule has 1 aliphatic rings. The van der Waals surface area contributed by atoms with Crippen molar-refractivity contribution in [2.24, 2.45) is 0 Å². The summed E-state index contributed by atoms with van der Waals surface area (Å²) in [6, 6.07) is 11.2. The molecule has 0 bridgehead atoms. The van der Waals surface area contributed by atoms with Gasteiger partial charge in [-0.1, -0.05) is 12.1 Å². The molecular weight excluding hydrogens is 467 g/mol. The van der Waals surface area contributed by atoms with Gasteiger partial charge in [0.15, 0.2) is 5.82 Å². The lowest BCUT2D eigenvalue weighted by atomic mass is 10.1. The molecular formula is C25H23F5N4O. The molecule has 0 aliphatic carbocycles. The van der Waals surface area contributed by atoms with Crippen molar-refractivity contribution >= 4 is 23.2 Å². The lowest BCUT2D eigenvalue weighted by Crippen LogP contribution is -2.23. The predicted octanol–water partition coefficient (Wildman–Crippen LogP) is 5.77. The summed E-state index contributed by atoms with van der Waals surface area (Å²) in [6.07, 6.45) is -2.65. The number of rotatable bonds is 7. The Kier molecular flexibility index (Phi) is 7.18. The van der Waals surface area contributed by atoms with E-state index in [1.54, 1.807) is 12.1 Å². The Morgan fingerprint density at radius 2 is 1.57 bits per heavy atom. The molecule has 5 nitrogen and oxygen atoms in total. The van der Waals surface area contributed by atoms with Gasteiger partial charge in [0, 0.05) is 25.7 Å². The van der Waals surface area contributed by atoms with E-state index in [4.69, 9.17) is 0 Å². The number of amides is 1. The van der Waals surface area contributed by atoms with Crippen molar-refractivity contribution in [2.75, 3.05) is 28.6 Å². The normalized spacial score (nSPS) is 13.7. The van der Waals surface area contributed by atoms with Crippen LogP contribution in [0.15, 0.2) is 54.6 Å². The second kappa shape index (κ2) is 10.3. The number of hydrogen-bond donors (Lipinski definition) is 2. The van der Waals surface area contributed by atoms with Crippen molar-refractivity contribution in [1.29, 1.82) is 0 Å². The van der Waals surface area contributed by atoms with Gasteiger partial charge in [-0.15, -0.1) is 0 Å². The number of pyridine rings is 1. The van der Waals surface area contributed by atoms with E-state index in [-0.39, 0.29) is 18.5 Å². The lowest BCUT2D eigenvalue weighted by molar-refractivity contribution is -0.137. The number of nitrogens with one attached hydrogen (secondary N) is 2. The highest BCUT2D eigenvalue weighted by molar-refractivity contribution is 5.95. The van der Waals surface area contributed by atoms with Crippen LogP contribution in [0.4, 0.5) is 39.3 Å². The van der Waals surface area contributed by atoms with Gasteiger partial charge in [-0.3, -0.25) is 4.79 Å².